The summed E-state index contributed by atoms with van der Waals surface area (Å²) in [5.41, 5.74) is 4.34. The predicted octanol–water partition coefficient (Wildman–Crippen LogP) is 3.69. The molecule has 0 saturated heterocycles. The second-order valence-electron chi connectivity index (χ2n) is 6.34. The topological polar surface area (TPSA) is 117 Å². The normalized spacial score (nSPS) is 10.4. The fourth-order valence-electron chi connectivity index (χ4n) is 3.08. The molecule has 0 atom stereocenters. The summed E-state index contributed by atoms with van der Waals surface area (Å²) in [5.74, 6) is 0.379. The Morgan fingerprint density at radius 3 is 2.90 bits per heavy atom. The molecule has 3 aromatic heterocycles. The molecule has 2 N–H and O–H groups in total. The van der Waals surface area contributed by atoms with Gasteiger partial charge in [-0.25, -0.2) is 15.0 Å². The molecule has 0 radical (unpaired) electrons. The highest BCUT2D eigenvalue weighted by molar-refractivity contribution is 6.00. The molecule has 4 aromatic rings. The molecule has 3 heterocycles. The summed E-state index contributed by atoms with van der Waals surface area (Å²) in [6, 6.07) is 11.1. The van der Waals surface area contributed by atoms with Crippen LogP contribution in [0.15, 0.2) is 61.6 Å². The summed E-state index contributed by atoms with van der Waals surface area (Å²) in [4.78, 5) is 27.5. The van der Waals surface area contributed by atoms with Crippen molar-refractivity contribution in [2.24, 2.45) is 0 Å². The summed E-state index contributed by atoms with van der Waals surface area (Å²) in [7, 11) is 1.56. The number of hydrogen-bond acceptors (Lipinski definition) is 6. The third-order valence-electron chi connectivity index (χ3n) is 4.49. The maximum atomic E-state index is 11.7. The minimum atomic E-state index is -0.312. The number of anilines is 1. The Labute approximate surface area is 171 Å². The van der Waals surface area contributed by atoms with Crippen LogP contribution in [0, 0.1) is 11.3 Å². The number of aromatic nitrogens is 4. The summed E-state index contributed by atoms with van der Waals surface area (Å²) in [6.07, 6.45) is 6.28. The van der Waals surface area contributed by atoms with Crippen LogP contribution in [0.4, 0.5) is 5.69 Å². The van der Waals surface area contributed by atoms with Crippen molar-refractivity contribution >= 4 is 22.6 Å². The highest BCUT2D eigenvalue weighted by Gasteiger charge is 2.12. The molecule has 8 heteroatoms. The van der Waals surface area contributed by atoms with Gasteiger partial charge in [0, 0.05) is 46.9 Å². The van der Waals surface area contributed by atoms with E-state index >= 15 is 0 Å². The molecule has 0 aliphatic rings. The second-order valence-corrected chi connectivity index (χ2v) is 6.34. The van der Waals surface area contributed by atoms with Crippen LogP contribution in [0.25, 0.3) is 33.4 Å². The number of methoxy groups -OCH3 is 1. The number of nitriles is 1. The SMILES string of the molecule is C=CC(=O)Nc1cc(OC)cc(-c2cnc3[nH]cc(-c4ccnc(C#N)n4)c3c2)c1. The van der Waals surface area contributed by atoms with Gasteiger partial charge in [-0.05, 0) is 35.9 Å². The fraction of sp³-hybridized carbons (Fsp3) is 0.0455. The molecule has 0 bridgehead atoms. The largest absolute Gasteiger partial charge is 0.497 e. The number of aromatic amines is 1. The van der Waals surface area contributed by atoms with Gasteiger partial charge >= 0.3 is 0 Å². The Balaban J connectivity index is 1.82. The zero-order valence-electron chi connectivity index (χ0n) is 16.0. The Kier molecular flexibility index (Phi) is 4.93. The number of rotatable bonds is 5. The van der Waals surface area contributed by atoms with Crippen molar-refractivity contribution in [3.8, 4) is 34.2 Å². The van der Waals surface area contributed by atoms with Gasteiger partial charge in [-0.3, -0.25) is 4.79 Å². The second kappa shape index (κ2) is 7.85. The number of H-pyrrole nitrogens is 1. The van der Waals surface area contributed by atoms with Crippen molar-refractivity contribution in [1.29, 1.82) is 5.26 Å². The van der Waals surface area contributed by atoms with E-state index in [4.69, 9.17) is 10.00 Å². The van der Waals surface area contributed by atoms with Crippen LogP contribution >= 0.6 is 0 Å². The molecule has 4 rings (SSSR count). The molecule has 0 saturated carbocycles. The Hall–Kier alpha value is -4.51. The minimum Gasteiger partial charge on any atom is -0.497 e. The molecule has 0 spiro atoms. The van der Waals surface area contributed by atoms with Gasteiger partial charge in [0.1, 0.15) is 17.5 Å². The lowest BCUT2D eigenvalue weighted by Crippen LogP contribution is -2.07. The number of carbonyl (C=O) groups is 1. The number of nitrogens with one attached hydrogen (secondary N) is 2. The molecule has 0 fully saturated rings. The van der Waals surface area contributed by atoms with E-state index in [2.05, 4.69) is 31.8 Å². The van der Waals surface area contributed by atoms with Crippen LogP contribution in [-0.2, 0) is 4.79 Å². The average Bonchev–Trinajstić information content (AvgIpc) is 3.22. The first-order valence-electron chi connectivity index (χ1n) is 8.95. The maximum absolute atomic E-state index is 11.7. The van der Waals surface area contributed by atoms with E-state index in [-0.39, 0.29) is 11.7 Å². The van der Waals surface area contributed by atoms with Crippen LogP contribution in [0.2, 0.25) is 0 Å². The molecule has 1 amide bonds. The molecular weight excluding hydrogens is 380 g/mol. The number of nitrogens with zero attached hydrogens (tertiary/aromatic N) is 4. The van der Waals surface area contributed by atoms with Crippen LogP contribution < -0.4 is 10.1 Å². The maximum Gasteiger partial charge on any atom is 0.247 e. The van der Waals surface area contributed by atoms with Gasteiger partial charge < -0.3 is 15.0 Å². The van der Waals surface area contributed by atoms with E-state index in [1.165, 1.54) is 6.08 Å². The van der Waals surface area contributed by atoms with Gasteiger partial charge in [0.2, 0.25) is 11.7 Å². The van der Waals surface area contributed by atoms with E-state index in [1.54, 1.807) is 37.8 Å². The smallest absolute Gasteiger partial charge is 0.247 e. The molecule has 0 aliphatic carbocycles. The summed E-state index contributed by atoms with van der Waals surface area (Å²) in [6.45, 7) is 3.47. The number of fused-ring (bicyclic) bond motifs is 1. The number of benzene rings is 1. The van der Waals surface area contributed by atoms with Gasteiger partial charge in [0.25, 0.3) is 0 Å². The monoisotopic (exact) mass is 396 g/mol. The number of amides is 1. The van der Waals surface area contributed by atoms with Gasteiger partial charge in [0.15, 0.2) is 0 Å². The summed E-state index contributed by atoms with van der Waals surface area (Å²) >= 11 is 0. The summed E-state index contributed by atoms with van der Waals surface area (Å²) < 4.78 is 5.37. The Morgan fingerprint density at radius 1 is 1.27 bits per heavy atom. The van der Waals surface area contributed by atoms with Crippen molar-refractivity contribution in [2.75, 3.05) is 12.4 Å². The first kappa shape index (κ1) is 18.8. The fourth-order valence-corrected chi connectivity index (χ4v) is 3.08. The van der Waals surface area contributed by atoms with E-state index in [0.717, 1.165) is 22.1 Å². The predicted molar refractivity (Wildman–Crippen MR) is 113 cm³/mol. The zero-order chi connectivity index (χ0) is 21.1. The van der Waals surface area contributed by atoms with Crippen molar-refractivity contribution in [3.63, 3.8) is 0 Å². The van der Waals surface area contributed by atoms with Gasteiger partial charge in [0.05, 0.1) is 12.8 Å². The third-order valence-corrected chi connectivity index (χ3v) is 4.49. The van der Waals surface area contributed by atoms with Crippen molar-refractivity contribution < 1.29 is 9.53 Å². The molecular formula is C22H16N6O2. The van der Waals surface area contributed by atoms with Gasteiger partial charge in [-0.2, -0.15) is 5.26 Å². The van der Waals surface area contributed by atoms with Crippen LogP contribution in [-0.4, -0.2) is 33.0 Å². The lowest BCUT2D eigenvalue weighted by Gasteiger charge is -2.10. The van der Waals surface area contributed by atoms with E-state index in [0.29, 0.717) is 22.8 Å². The molecule has 146 valence electrons. The highest BCUT2D eigenvalue weighted by Crippen LogP contribution is 2.33. The van der Waals surface area contributed by atoms with Gasteiger partial charge in [-0.1, -0.05) is 6.58 Å². The summed E-state index contributed by atoms with van der Waals surface area (Å²) in [5, 5.41) is 12.7. The van der Waals surface area contributed by atoms with Gasteiger partial charge in [-0.15, -0.1) is 0 Å². The first-order valence-corrected chi connectivity index (χ1v) is 8.95. The minimum absolute atomic E-state index is 0.0985. The zero-order valence-corrected chi connectivity index (χ0v) is 16.0. The lowest BCUT2D eigenvalue weighted by atomic mass is 10.0. The third kappa shape index (κ3) is 3.59. The molecule has 0 aliphatic heterocycles. The number of carbonyl (C=O) groups excluding carboxylic acids is 1. The quantitative estimate of drug-likeness (QED) is 0.497. The number of hydrogen-bond donors (Lipinski definition) is 2. The molecule has 1 aromatic carbocycles. The average molecular weight is 396 g/mol. The lowest BCUT2D eigenvalue weighted by molar-refractivity contribution is -0.111. The van der Waals surface area contributed by atoms with Crippen LogP contribution in [0.5, 0.6) is 5.75 Å². The number of pyridine rings is 1. The van der Waals surface area contributed by atoms with E-state index in [9.17, 15) is 4.79 Å². The first-order chi connectivity index (χ1) is 14.6. The standard InChI is InChI=1S/C22H16N6O2/c1-3-21(29)27-15-6-13(7-16(9-15)30-2)14-8-17-18(12-26-22(17)25-11-14)19-4-5-24-20(10-23)28-19/h3-9,11-12H,1H2,2H3,(H,25,26)(H,27,29). The van der Waals surface area contributed by atoms with Crippen molar-refractivity contribution in [3.05, 3.63) is 67.4 Å². The molecule has 0 unspecified atom stereocenters. The van der Waals surface area contributed by atoms with E-state index in [1.807, 2.05) is 24.3 Å². The Morgan fingerprint density at radius 2 is 2.13 bits per heavy atom. The van der Waals surface area contributed by atoms with Crippen LogP contribution in [0.1, 0.15) is 5.82 Å². The number of ether oxygens (including phenoxy) is 1. The van der Waals surface area contributed by atoms with E-state index < -0.39 is 0 Å². The van der Waals surface area contributed by atoms with Crippen molar-refractivity contribution in [2.45, 2.75) is 0 Å². The van der Waals surface area contributed by atoms with Crippen LogP contribution in [0.3, 0.4) is 0 Å². The molecule has 30 heavy (non-hydrogen) atoms. The molecule has 8 nitrogen and oxygen atoms in total. The van der Waals surface area contributed by atoms with Crippen molar-refractivity contribution in [1.82, 2.24) is 19.9 Å². The highest BCUT2D eigenvalue weighted by atomic mass is 16.5. The Bertz CT molecular complexity index is 1320.